The molecule has 6 atom stereocenters. The Balaban J connectivity index is 4.67. The van der Waals surface area contributed by atoms with E-state index < -0.39 is 71.6 Å². The van der Waals surface area contributed by atoms with E-state index in [0.717, 1.165) is 19.3 Å². The second-order valence-electron chi connectivity index (χ2n) is 15.0. The third-order valence-corrected chi connectivity index (χ3v) is 10.1. The van der Waals surface area contributed by atoms with Crippen LogP contribution >= 0.6 is 0 Å². The average Bonchev–Trinajstić information content (AvgIpc) is 3.13. The Bertz CT molecular complexity index is 1150. The number of unbranched alkanes of at least 4 members (excludes halogenated alkanes) is 18. The highest BCUT2D eigenvalue weighted by molar-refractivity contribution is 5.93. The van der Waals surface area contributed by atoms with E-state index in [0.29, 0.717) is 6.42 Å². The summed E-state index contributed by atoms with van der Waals surface area (Å²) in [5.74, 6) is -8.23. The second kappa shape index (κ2) is 31.6. The molecule has 0 saturated heterocycles. The van der Waals surface area contributed by atoms with Crippen LogP contribution in [0.15, 0.2) is 0 Å². The highest BCUT2D eigenvalue weighted by atomic mass is 16.4. The lowest BCUT2D eigenvalue weighted by Gasteiger charge is -2.25. The number of rotatable bonds is 36. The molecule has 1 unspecified atom stereocenters. The van der Waals surface area contributed by atoms with Crippen LogP contribution in [0.25, 0.3) is 0 Å². The normalized spacial score (nSPS) is 14.5. The van der Waals surface area contributed by atoms with Crippen LogP contribution in [-0.4, -0.2) is 86.9 Å². The van der Waals surface area contributed by atoms with Crippen molar-refractivity contribution < 1.29 is 48.9 Å². The predicted molar refractivity (Wildman–Crippen MR) is 211 cm³/mol. The largest absolute Gasteiger partial charge is 0.480 e. The molecule has 0 aromatic carbocycles. The first-order valence-electron chi connectivity index (χ1n) is 20.7. The van der Waals surface area contributed by atoms with E-state index in [2.05, 4.69) is 22.9 Å². The molecule has 0 spiro atoms. The van der Waals surface area contributed by atoms with E-state index in [1.54, 1.807) is 0 Å². The fourth-order valence-corrected chi connectivity index (χ4v) is 6.35. The second-order valence-corrected chi connectivity index (χ2v) is 15.0. The molecule has 15 nitrogen and oxygen atoms in total. The van der Waals surface area contributed by atoms with Crippen LogP contribution < -0.4 is 27.4 Å². The Hall–Kier alpha value is -3.59. The summed E-state index contributed by atoms with van der Waals surface area (Å²) in [6.45, 7) is 4.89. The third-order valence-electron chi connectivity index (χ3n) is 10.1. The molecule has 0 saturated carbocycles. The van der Waals surface area contributed by atoms with Crippen molar-refractivity contribution in [1.82, 2.24) is 16.0 Å². The van der Waals surface area contributed by atoms with Crippen molar-refractivity contribution in [1.29, 1.82) is 0 Å². The molecule has 0 aliphatic rings. The summed E-state index contributed by atoms with van der Waals surface area (Å²) in [4.78, 5) is 85.6. The van der Waals surface area contributed by atoms with Gasteiger partial charge in [-0.2, -0.15) is 0 Å². The number of nitrogens with one attached hydrogen (secondary N) is 3. The van der Waals surface area contributed by atoms with Gasteiger partial charge in [0.2, 0.25) is 17.7 Å². The lowest BCUT2D eigenvalue weighted by atomic mass is 9.86. The Kier molecular flexibility index (Phi) is 29.5. The van der Waals surface area contributed by atoms with Gasteiger partial charge in [-0.05, 0) is 39.5 Å². The number of aliphatic carboxylic acids is 3. The molecule has 0 heterocycles. The summed E-state index contributed by atoms with van der Waals surface area (Å²) in [7, 11) is 0. The number of ketones is 1. The van der Waals surface area contributed by atoms with Gasteiger partial charge < -0.3 is 42.7 Å². The van der Waals surface area contributed by atoms with Gasteiger partial charge in [-0.25, -0.2) is 0 Å². The van der Waals surface area contributed by atoms with E-state index in [1.165, 1.54) is 110 Å². The van der Waals surface area contributed by atoms with Gasteiger partial charge >= 0.3 is 17.9 Å². The Morgan fingerprint density at radius 1 is 0.491 bits per heavy atom. The lowest BCUT2D eigenvalue weighted by Crippen LogP contribution is -2.55. The summed E-state index contributed by atoms with van der Waals surface area (Å²) in [5.41, 5.74) is 11.2. The topological polar surface area (TPSA) is 268 Å². The molecular formula is C40H73N5O10. The highest BCUT2D eigenvalue weighted by Crippen LogP contribution is 2.19. The summed E-state index contributed by atoms with van der Waals surface area (Å²) in [6.07, 6.45) is 22.5. The van der Waals surface area contributed by atoms with Gasteiger partial charge in [0.05, 0.1) is 0 Å². The minimum absolute atomic E-state index is 0.221. The maximum absolute atomic E-state index is 13.0. The van der Waals surface area contributed by atoms with Crippen LogP contribution in [0.3, 0.4) is 0 Å². The zero-order valence-corrected chi connectivity index (χ0v) is 33.8. The molecule has 15 heteroatoms. The maximum Gasteiger partial charge on any atom is 0.325 e. The van der Waals surface area contributed by atoms with Crippen molar-refractivity contribution in [3.8, 4) is 0 Å². The number of hydrogen-bond acceptors (Lipinski definition) is 9. The first-order chi connectivity index (χ1) is 26.1. The first-order valence-corrected chi connectivity index (χ1v) is 20.7. The van der Waals surface area contributed by atoms with Crippen LogP contribution in [0, 0.1) is 5.92 Å². The van der Waals surface area contributed by atoms with Crippen molar-refractivity contribution in [3.63, 3.8) is 0 Å². The fraction of sp³-hybridized carbons (Fsp3) is 0.825. The number of carbonyl (C=O) groups is 7. The zero-order valence-electron chi connectivity index (χ0n) is 33.8. The lowest BCUT2D eigenvalue weighted by molar-refractivity contribution is -0.143. The van der Waals surface area contributed by atoms with Crippen LogP contribution in [0.1, 0.15) is 175 Å². The molecule has 0 fully saturated rings. The molecule has 0 aromatic rings. The van der Waals surface area contributed by atoms with E-state index >= 15 is 0 Å². The van der Waals surface area contributed by atoms with Gasteiger partial charge in [0, 0.05) is 18.8 Å². The maximum atomic E-state index is 13.0. The Labute approximate surface area is 328 Å². The molecule has 0 aliphatic carbocycles. The minimum atomic E-state index is -1.70. The van der Waals surface area contributed by atoms with Gasteiger partial charge in [-0.3, -0.25) is 33.6 Å². The number of carbonyl (C=O) groups excluding carboxylic acids is 4. The quantitative estimate of drug-likeness (QED) is 0.0392. The molecule has 3 amide bonds. The summed E-state index contributed by atoms with van der Waals surface area (Å²) in [6, 6.07) is -6.86. The number of Topliss-reactive ketones (excluding diaryl/α,β-unsaturated/α-hetero) is 1. The standard InChI is InChI=1S/C40H73N5O10/c1-4-5-6-7-8-9-10-11-12-13-14-15-16-17-18-19-20-21-22-23-34(47)43-28(2)36(48)45-32(37(49)44-29(3)38(50)51)26-24-30(35(42)40(54)55)33(46)27-25-31(41)39(52)53/h28-32,35H,4-27,41-42H2,1-3H3,(H,43,47)(H,44,49)(H,45,48)(H,50,51)(H,52,53)(H,54,55)/t28-,29+,30?,31-,32-,35+/m0/s1. The highest BCUT2D eigenvalue weighted by Gasteiger charge is 2.34. The van der Waals surface area contributed by atoms with Crippen LogP contribution in [0.2, 0.25) is 0 Å². The monoisotopic (exact) mass is 784 g/mol. The first kappa shape index (κ1) is 51.4. The molecule has 0 radical (unpaired) electrons. The average molecular weight is 784 g/mol. The number of nitrogens with two attached hydrogens (primary N) is 2. The molecule has 0 aromatic heterocycles. The van der Waals surface area contributed by atoms with Crippen molar-refractivity contribution in [3.05, 3.63) is 0 Å². The van der Waals surface area contributed by atoms with Crippen molar-refractivity contribution in [2.45, 2.75) is 205 Å². The van der Waals surface area contributed by atoms with E-state index in [4.69, 9.17) is 16.6 Å². The number of hydrogen-bond donors (Lipinski definition) is 8. The van der Waals surface area contributed by atoms with Gasteiger partial charge in [0.15, 0.2) is 0 Å². The van der Waals surface area contributed by atoms with Gasteiger partial charge in [0.1, 0.15) is 36.0 Å². The van der Waals surface area contributed by atoms with Gasteiger partial charge in [-0.15, -0.1) is 0 Å². The zero-order chi connectivity index (χ0) is 41.6. The van der Waals surface area contributed by atoms with Crippen LogP contribution in [0.4, 0.5) is 0 Å². The molecule has 0 bridgehead atoms. The molecule has 55 heavy (non-hydrogen) atoms. The predicted octanol–water partition coefficient (Wildman–Crippen LogP) is 4.96. The minimum Gasteiger partial charge on any atom is -0.480 e. The SMILES string of the molecule is CCCCCCCCCCCCCCCCCCCCCC(=O)N[C@@H](C)C(=O)N[C@@H](CCC(C(=O)CC[C@H](N)C(=O)O)[C@@H](N)C(=O)O)C(=O)N[C@H](C)C(=O)O. The Morgan fingerprint density at radius 3 is 1.36 bits per heavy atom. The van der Waals surface area contributed by atoms with Crippen molar-refractivity contribution in [2.75, 3.05) is 0 Å². The summed E-state index contributed by atoms with van der Waals surface area (Å²) < 4.78 is 0. The van der Waals surface area contributed by atoms with Crippen molar-refractivity contribution >= 4 is 41.4 Å². The van der Waals surface area contributed by atoms with E-state index in [1.807, 2.05) is 0 Å². The summed E-state index contributed by atoms with van der Waals surface area (Å²) >= 11 is 0. The molecule has 0 rings (SSSR count). The van der Waals surface area contributed by atoms with Gasteiger partial charge in [0.25, 0.3) is 0 Å². The van der Waals surface area contributed by atoms with Crippen molar-refractivity contribution in [2.24, 2.45) is 17.4 Å². The van der Waals surface area contributed by atoms with E-state index in [9.17, 15) is 43.8 Å². The molecule has 10 N–H and O–H groups in total. The van der Waals surface area contributed by atoms with Gasteiger partial charge in [-0.1, -0.05) is 122 Å². The fourth-order valence-electron chi connectivity index (χ4n) is 6.35. The number of amides is 3. The number of carboxylic acid groups (broad SMARTS) is 3. The molecule has 318 valence electrons. The number of carboxylic acids is 3. The Morgan fingerprint density at radius 2 is 0.945 bits per heavy atom. The molecule has 0 aliphatic heterocycles. The third kappa shape index (κ3) is 26.0. The summed E-state index contributed by atoms with van der Waals surface area (Å²) in [5, 5.41) is 35.0. The van der Waals surface area contributed by atoms with Crippen LogP contribution in [0.5, 0.6) is 0 Å². The van der Waals surface area contributed by atoms with E-state index in [-0.39, 0.29) is 38.0 Å². The smallest absolute Gasteiger partial charge is 0.325 e. The molecular weight excluding hydrogens is 710 g/mol. The van der Waals surface area contributed by atoms with Crippen LogP contribution in [-0.2, 0) is 33.6 Å².